The molecule has 1 aromatic carbocycles. The second-order valence-corrected chi connectivity index (χ2v) is 9.26. The van der Waals surface area contributed by atoms with E-state index in [0.29, 0.717) is 47.6 Å². The van der Waals surface area contributed by atoms with Crippen molar-refractivity contribution in [3.63, 3.8) is 0 Å². The Morgan fingerprint density at radius 2 is 1.97 bits per heavy atom. The Labute approximate surface area is 196 Å². The van der Waals surface area contributed by atoms with Gasteiger partial charge in [-0.2, -0.15) is 13.8 Å². The van der Waals surface area contributed by atoms with Crippen LogP contribution >= 0.6 is 0 Å². The molecule has 2 aliphatic rings. The molecule has 180 valence electrons. The zero-order valence-corrected chi connectivity index (χ0v) is 19.5. The maximum Gasteiger partial charge on any atom is 0.288 e. The Balaban J connectivity index is 1.48. The Hall–Kier alpha value is -2.94. The van der Waals surface area contributed by atoms with Crippen LogP contribution in [0.1, 0.15) is 60.7 Å². The lowest BCUT2D eigenvalue weighted by Crippen LogP contribution is -2.44. The minimum Gasteiger partial charge on any atom is -0.481 e. The lowest BCUT2D eigenvalue weighted by molar-refractivity contribution is -0.0543. The van der Waals surface area contributed by atoms with Crippen molar-refractivity contribution in [3.8, 4) is 5.88 Å². The number of rotatable bonds is 8. The standard InChI is InChI=1S/C25H28F3N5O/c1-14(17-6-4-7-20(21(17)26)25(27,28)13-33-10-5-11-33)29-22-19-12-18(16-8-9-16)24(34-3)32-23(19)31-15(2)30-22/h4,6-7,12,14,16H,5,8-11,13H2,1-3H3,(H,29,30,31,32)/t14-/m1/s1. The van der Waals surface area contributed by atoms with Crippen molar-refractivity contribution in [2.24, 2.45) is 0 Å². The van der Waals surface area contributed by atoms with Crippen LogP contribution in [0.4, 0.5) is 19.0 Å². The first kappa shape index (κ1) is 22.8. The molecule has 2 aromatic heterocycles. The number of methoxy groups -OCH3 is 1. The van der Waals surface area contributed by atoms with Crippen molar-refractivity contribution in [3.05, 3.63) is 52.6 Å². The number of nitrogens with one attached hydrogen (secondary N) is 1. The topological polar surface area (TPSA) is 63.2 Å². The molecular weight excluding hydrogens is 443 g/mol. The number of likely N-dealkylation sites (tertiary alicyclic amines) is 1. The maximum atomic E-state index is 15.4. The fourth-order valence-corrected chi connectivity index (χ4v) is 4.48. The predicted molar refractivity (Wildman–Crippen MR) is 124 cm³/mol. The summed E-state index contributed by atoms with van der Waals surface area (Å²) >= 11 is 0. The molecule has 3 aromatic rings. The van der Waals surface area contributed by atoms with Gasteiger partial charge in [0.25, 0.3) is 5.92 Å². The quantitative estimate of drug-likeness (QED) is 0.479. The molecule has 0 bridgehead atoms. The number of halogens is 3. The van der Waals surface area contributed by atoms with Gasteiger partial charge in [0.1, 0.15) is 17.5 Å². The summed E-state index contributed by atoms with van der Waals surface area (Å²) in [6.45, 7) is 4.25. The monoisotopic (exact) mass is 471 g/mol. The third kappa shape index (κ3) is 4.29. The van der Waals surface area contributed by atoms with Gasteiger partial charge in [-0.05, 0) is 58.2 Å². The SMILES string of the molecule is COc1nc2nc(C)nc(N[C@H](C)c3cccc(C(F)(F)CN4CCC4)c3F)c2cc1C1CC1. The molecule has 6 nitrogen and oxygen atoms in total. The molecule has 0 spiro atoms. The highest BCUT2D eigenvalue weighted by molar-refractivity contribution is 5.88. The Morgan fingerprint density at radius 1 is 1.21 bits per heavy atom. The summed E-state index contributed by atoms with van der Waals surface area (Å²) in [4.78, 5) is 15.2. The van der Waals surface area contributed by atoms with Crippen molar-refractivity contribution in [2.45, 2.75) is 51.0 Å². The summed E-state index contributed by atoms with van der Waals surface area (Å²) in [5, 5.41) is 3.92. The highest BCUT2D eigenvalue weighted by atomic mass is 19.3. The third-order valence-electron chi connectivity index (χ3n) is 6.62. The van der Waals surface area contributed by atoms with Gasteiger partial charge < -0.3 is 10.1 Å². The molecule has 1 aliphatic carbocycles. The summed E-state index contributed by atoms with van der Waals surface area (Å²) in [6.07, 6.45) is 3.03. The van der Waals surface area contributed by atoms with Crippen LogP contribution < -0.4 is 10.1 Å². The van der Waals surface area contributed by atoms with Crippen LogP contribution in [-0.4, -0.2) is 46.6 Å². The number of ether oxygens (including phenoxy) is 1. The molecule has 34 heavy (non-hydrogen) atoms. The van der Waals surface area contributed by atoms with Gasteiger partial charge in [-0.1, -0.05) is 18.2 Å². The molecule has 1 aliphatic heterocycles. The number of alkyl halides is 2. The van der Waals surface area contributed by atoms with Crippen molar-refractivity contribution in [1.29, 1.82) is 0 Å². The first-order valence-corrected chi connectivity index (χ1v) is 11.7. The van der Waals surface area contributed by atoms with Crippen LogP contribution in [0.15, 0.2) is 24.3 Å². The van der Waals surface area contributed by atoms with E-state index in [4.69, 9.17) is 4.74 Å². The molecular formula is C25H28F3N5O. The van der Waals surface area contributed by atoms with E-state index in [1.807, 2.05) is 6.07 Å². The molecule has 0 radical (unpaired) electrons. The van der Waals surface area contributed by atoms with Crippen LogP contribution in [0.25, 0.3) is 11.0 Å². The van der Waals surface area contributed by atoms with E-state index in [9.17, 15) is 8.78 Å². The lowest BCUT2D eigenvalue weighted by Gasteiger charge is -2.34. The Bertz CT molecular complexity index is 1230. The second kappa shape index (κ2) is 8.69. The minimum atomic E-state index is -3.27. The lowest BCUT2D eigenvalue weighted by atomic mass is 9.99. The van der Waals surface area contributed by atoms with E-state index < -0.39 is 29.9 Å². The van der Waals surface area contributed by atoms with Gasteiger partial charge in [-0.25, -0.2) is 14.4 Å². The molecule has 1 atom stereocenters. The number of aromatic nitrogens is 3. The van der Waals surface area contributed by atoms with Crippen molar-refractivity contribution < 1.29 is 17.9 Å². The zero-order chi connectivity index (χ0) is 24.0. The van der Waals surface area contributed by atoms with E-state index in [1.54, 1.807) is 25.9 Å². The fourth-order valence-electron chi connectivity index (χ4n) is 4.48. The first-order valence-electron chi connectivity index (χ1n) is 11.7. The Morgan fingerprint density at radius 3 is 2.62 bits per heavy atom. The molecule has 1 saturated heterocycles. The highest BCUT2D eigenvalue weighted by Crippen LogP contribution is 2.45. The number of pyridine rings is 1. The maximum absolute atomic E-state index is 15.4. The van der Waals surface area contributed by atoms with E-state index in [0.717, 1.165) is 24.8 Å². The second-order valence-electron chi connectivity index (χ2n) is 9.26. The number of nitrogens with zero attached hydrogens (tertiary/aromatic N) is 4. The summed E-state index contributed by atoms with van der Waals surface area (Å²) in [5.41, 5.74) is 1.06. The molecule has 0 unspecified atom stereocenters. The van der Waals surface area contributed by atoms with Crippen LogP contribution in [0.2, 0.25) is 0 Å². The van der Waals surface area contributed by atoms with Gasteiger partial charge in [0, 0.05) is 11.1 Å². The van der Waals surface area contributed by atoms with E-state index in [-0.39, 0.29) is 5.56 Å². The molecule has 3 heterocycles. The highest BCUT2D eigenvalue weighted by Gasteiger charge is 2.39. The third-order valence-corrected chi connectivity index (χ3v) is 6.62. The van der Waals surface area contributed by atoms with Crippen molar-refractivity contribution in [2.75, 3.05) is 32.1 Å². The summed E-state index contributed by atoms with van der Waals surface area (Å²) in [5.74, 6) is -2.23. The molecule has 5 rings (SSSR count). The van der Waals surface area contributed by atoms with Gasteiger partial charge >= 0.3 is 0 Å². The summed E-state index contributed by atoms with van der Waals surface area (Å²) in [7, 11) is 1.59. The molecule has 1 saturated carbocycles. The average molecular weight is 472 g/mol. The molecule has 2 fully saturated rings. The van der Waals surface area contributed by atoms with Crippen LogP contribution in [0.5, 0.6) is 5.88 Å². The van der Waals surface area contributed by atoms with Gasteiger partial charge in [0.2, 0.25) is 5.88 Å². The van der Waals surface area contributed by atoms with Gasteiger partial charge in [0.15, 0.2) is 5.65 Å². The average Bonchev–Trinajstić information content (AvgIpc) is 3.60. The molecule has 9 heteroatoms. The van der Waals surface area contributed by atoms with E-state index >= 15 is 4.39 Å². The first-order chi connectivity index (χ1) is 16.3. The number of hydrogen-bond donors (Lipinski definition) is 1. The number of fused-ring (bicyclic) bond motifs is 1. The summed E-state index contributed by atoms with van der Waals surface area (Å²) in [6, 6.07) is 5.55. The van der Waals surface area contributed by atoms with Crippen LogP contribution in [0.3, 0.4) is 0 Å². The van der Waals surface area contributed by atoms with Crippen molar-refractivity contribution >= 4 is 16.9 Å². The molecule has 1 N–H and O–H groups in total. The number of anilines is 1. The van der Waals surface area contributed by atoms with E-state index in [2.05, 4.69) is 20.3 Å². The largest absolute Gasteiger partial charge is 0.481 e. The summed E-state index contributed by atoms with van der Waals surface area (Å²) < 4.78 is 50.6. The number of benzene rings is 1. The van der Waals surface area contributed by atoms with Crippen molar-refractivity contribution in [1.82, 2.24) is 19.9 Å². The van der Waals surface area contributed by atoms with Gasteiger partial charge in [-0.3, -0.25) is 4.90 Å². The normalized spacial score (nSPS) is 17.5. The number of hydrogen-bond acceptors (Lipinski definition) is 6. The number of aryl methyl sites for hydroxylation is 1. The van der Waals surface area contributed by atoms with Crippen LogP contribution in [-0.2, 0) is 5.92 Å². The predicted octanol–water partition coefficient (Wildman–Crippen LogP) is 5.33. The van der Waals surface area contributed by atoms with Crippen LogP contribution in [0, 0.1) is 12.7 Å². The smallest absolute Gasteiger partial charge is 0.288 e. The zero-order valence-electron chi connectivity index (χ0n) is 19.5. The van der Waals surface area contributed by atoms with Gasteiger partial charge in [-0.15, -0.1) is 0 Å². The molecule has 0 amide bonds. The fraction of sp³-hybridized carbons (Fsp3) is 0.480. The Kier molecular flexibility index (Phi) is 5.83. The minimum absolute atomic E-state index is 0.161. The van der Waals surface area contributed by atoms with E-state index in [1.165, 1.54) is 18.2 Å². The van der Waals surface area contributed by atoms with Gasteiger partial charge in [0.05, 0.1) is 30.6 Å².